The van der Waals surface area contributed by atoms with Gasteiger partial charge in [-0.25, -0.2) is 0 Å². The Bertz CT molecular complexity index is 447. The predicted molar refractivity (Wildman–Crippen MR) is 77.3 cm³/mol. The maximum absolute atomic E-state index is 6.07. The molecule has 1 aliphatic rings. The van der Waals surface area contributed by atoms with E-state index in [1.54, 1.807) is 7.11 Å². The molecule has 1 saturated heterocycles. The molecule has 106 valence electrons. The zero-order chi connectivity index (χ0) is 14.0. The highest BCUT2D eigenvalue weighted by Crippen LogP contribution is 2.25. The maximum atomic E-state index is 6.07. The topological polar surface area (TPSA) is 51.4 Å². The molecular formula is C15H25N3O. The number of rotatable bonds is 3. The van der Waals surface area contributed by atoms with E-state index in [1.807, 2.05) is 13.1 Å². The minimum absolute atomic E-state index is 0.345. The van der Waals surface area contributed by atoms with E-state index < -0.39 is 0 Å². The molecule has 2 N–H and O–H groups in total. The van der Waals surface area contributed by atoms with Gasteiger partial charge < -0.3 is 10.5 Å². The summed E-state index contributed by atoms with van der Waals surface area (Å²) in [6.07, 6.45) is 2.98. The number of methoxy groups -OCH3 is 1. The fourth-order valence-electron chi connectivity index (χ4n) is 2.84. The third kappa shape index (κ3) is 3.07. The summed E-state index contributed by atoms with van der Waals surface area (Å²) in [7, 11) is 1.72. The fraction of sp³-hybridized carbons (Fsp3) is 0.667. The molecule has 2 atom stereocenters. The lowest BCUT2D eigenvalue weighted by Crippen LogP contribution is -2.45. The molecule has 1 aromatic rings. The third-order valence-corrected chi connectivity index (χ3v) is 4.18. The zero-order valence-electron chi connectivity index (χ0n) is 12.4. The molecule has 2 heterocycles. The molecule has 0 saturated carbocycles. The Morgan fingerprint density at radius 2 is 2.21 bits per heavy atom. The molecule has 1 aromatic heterocycles. The van der Waals surface area contributed by atoms with Gasteiger partial charge in [-0.2, -0.15) is 0 Å². The van der Waals surface area contributed by atoms with Gasteiger partial charge in [0, 0.05) is 43.0 Å². The van der Waals surface area contributed by atoms with Crippen LogP contribution in [0.4, 0.5) is 0 Å². The summed E-state index contributed by atoms with van der Waals surface area (Å²) in [6, 6.07) is 0.345. The van der Waals surface area contributed by atoms with Crippen molar-refractivity contribution in [2.75, 3.05) is 20.2 Å². The highest BCUT2D eigenvalue weighted by atomic mass is 16.5. The first kappa shape index (κ1) is 14.3. The fourth-order valence-corrected chi connectivity index (χ4v) is 2.84. The van der Waals surface area contributed by atoms with Crippen molar-refractivity contribution < 1.29 is 4.74 Å². The molecule has 0 spiro atoms. The highest BCUT2D eigenvalue weighted by molar-refractivity contribution is 5.41. The summed E-state index contributed by atoms with van der Waals surface area (Å²) in [5.74, 6) is 1.52. The highest BCUT2D eigenvalue weighted by Gasteiger charge is 2.24. The van der Waals surface area contributed by atoms with Crippen LogP contribution in [0.1, 0.15) is 30.2 Å². The predicted octanol–water partition coefficient (Wildman–Crippen LogP) is 1.88. The Balaban J connectivity index is 2.11. The number of aryl methyl sites for hydroxylation is 1. The zero-order valence-corrected chi connectivity index (χ0v) is 12.4. The van der Waals surface area contributed by atoms with Crippen LogP contribution in [0.5, 0.6) is 5.75 Å². The number of hydrogen-bond donors (Lipinski definition) is 1. The van der Waals surface area contributed by atoms with Gasteiger partial charge in [0.15, 0.2) is 0 Å². The van der Waals surface area contributed by atoms with Crippen molar-refractivity contribution in [1.82, 2.24) is 9.88 Å². The summed E-state index contributed by atoms with van der Waals surface area (Å²) in [5, 5.41) is 0. The van der Waals surface area contributed by atoms with E-state index in [1.165, 1.54) is 0 Å². The molecule has 19 heavy (non-hydrogen) atoms. The lowest BCUT2D eigenvalue weighted by Gasteiger charge is -2.35. The van der Waals surface area contributed by atoms with E-state index in [0.29, 0.717) is 12.0 Å². The van der Waals surface area contributed by atoms with Crippen molar-refractivity contribution in [3.63, 3.8) is 0 Å². The normalized spacial score (nSPS) is 24.5. The molecule has 0 aromatic carbocycles. The second-order valence-electron chi connectivity index (χ2n) is 5.71. The summed E-state index contributed by atoms with van der Waals surface area (Å²) in [5.41, 5.74) is 9.44. The Morgan fingerprint density at radius 1 is 1.47 bits per heavy atom. The van der Waals surface area contributed by atoms with E-state index in [9.17, 15) is 0 Å². The van der Waals surface area contributed by atoms with Crippen molar-refractivity contribution in [2.45, 2.75) is 39.8 Å². The minimum atomic E-state index is 0.345. The molecule has 1 aliphatic heterocycles. The van der Waals surface area contributed by atoms with E-state index in [-0.39, 0.29) is 0 Å². The lowest BCUT2D eigenvalue weighted by atomic mass is 9.94. The molecule has 4 heteroatoms. The van der Waals surface area contributed by atoms with Crippen LogP contribution in [0.2, 0.25) is 0 Å². The van der Waals surface area contributed by atoms with Crippen LogP contribution < -0.4 is 10.5 Å². The van der Waals surface area contributed by atoms with Crippen molar-refractivity contribution in [3.05, 3.63) is 23.0 Å². The number of likely N-dealkylation sites (tertiary alicyclic amines) is 1. The van der Waals surface area contributed by atoms with Crippen LogP contribution in [-0.4, -0.2) is 36.1 Å². The Kier molecular flexibility index (Phi) is 4.42. The smallest absolute Gasteiger partial charge is 0.128 e. The molecular weight excluding hydrogens is 238 g/mol. The monoisotopic (exact) mass is 263 g/mol. The summed E-state index contributed by atoms with van der Waals surface area (Å²) < 4.78 is 5.47. The Morgan fingerprint density at radius 3 is 2.84 bits per heavy atom. The van der Waals surface area contributed by atoms with Crippen molar-refractivity contribution in [3.8, 4) is 5.75 Å². The van der Waals surface area contributed by atoms with E-state index >= 15 is 0 Å². The number of piperidine rings is 1. The summed E-state index contributed by atoms with van der Waals surface area (Å²) in [6.45, 7) is 9.35. The van der Waals surface area contributed by atoms with Gasteiger partial charge in [-0.3, -0.25) is 9.88 Å². The van der Waals surface area contributed by atoms with Crippen LogP contribution in [0, 0.1) is 19.8 Å². The number of nitrogens with zero attached hydrogens (tertiary/aromatic N) is 2. The number of aromatic nitrogens is 1. The van der Waals surface area contributed by atoms with Gasteiger partial charge in [0.2, 0.25) is 0 Å². The van der Waals surface area contributed by atoms with Crippen molar-refractivity contribution >= 4 is 0 Å². The third-order valence-electron chi connectivity index (χ3n) is 4.18. The van der Waals surface area contributed by atoms with Crippen LogP contribution >= 0.6 is 0 Å². The number of nitrogens with two attached hydrogens (primary N) is 1. The maximum Gasteiger partial charge on any atom is 0.128 e. The van der Waals surface area contributed by atoms with Gasteiger partial charge >= 0.3 is 0 Å². The van der Waals surface area contributed by atoms with Gasteiger partial charge in [-0.05, 0) is 26.2 Å². The van der Waals surface area contributed by atoms with E-state index in [0.717, 1.165) is 48.6 Å². The standard InChI is InChI=1S/C15H25N3O/c1-10-7-17-14(12(3)15(10)19-4)9-18-6-5-13(16)11(2)8-18/h7,11,13H,5-6,8-9,16H2,1-4H3. The van der Waals surface area contributed by atoms with Gasteiger partial charge in [0.25, 0.3) is 0 Å². The molecule has 0 aliphatic carbocycles. The van der Waals surface area contributed by atoms with Gasteiger partial charge in [0.05, 0.1) is 12.8 Å². The molecule has 0 amide bonds. The molecule has 4 nitrogen and oxygen atoms in total. The average Bonchev–Trinajstić information content (AvgIpc) is 2.38. The van der Waals surface area contributed by atoms with Crippen molar-refractivity contribution in [2.24, 2.45) is 11.7 Å². The van der Waals surface area contributed by atoms with Crippen LogP contribution in [-0.2, 0) is 6.54 Å². The number of pyridine rings is 1. The summed E-state index contributed by atoms with van der Waals surface area (Å²) in [4.78, 5) is 7.01. The van der Waals surface area contributed by atoms with E-state index in [2.05, 4.69) is 23.7 Å². The van der Waals surface area contributed by atoms with Crippen LogP contribution in [0.25, 0.3) is 0 Å². The minimum Gasteiger partial charge on any atom is -0.496 e. The van der Waals surface area contributed by atoms with Gasteiger partial charge in [0.1, 0.15) is 5.75 Å². The average molecular weight is 263 g/mol. The first-order valence-corrected chi connectivity index (χ1v) is 7.00. The first-order valence-electron chi connectivity index (χ1n) is 7.00. The van der Waals surface area contributed by atoms with Gasteiger partial charge in [-0.1, -0.05) is 6.92 Å². The second kappa shape index (κ2) is 5.88. The van der Waals surface area contributed by atoms with Gasteiger partial charge in [-0.15, -0.1) is 0 Å². The summed E-state index contributed by atoms with van der Waals surface area (Å²) >= 11 is 0. The number of hydrogen-bond acceptors (Lipinski definition) is 4. The Hall–Kier alpha value is -1.13. The molecule has 2 rings (SSSR count). The largest absolute Gasteiger partial charge is 0.496 e. The van der Waals surface area contributed by atoms with Crippen molar-refractivity contribution in [1.29, 1.82) is 0 Å². The molecule has 1 fully saturated rings. The molecule has 2 unspecified atom stereocenters. The van der Waals surface area contributed by atoms with Crippen LogP contribution in [0.15, 0.2) is 6.20 Å². The number of ether oxygens (including phenoxy) is 1. The van der Waals surface area contributed by atoms with Crippen LogP contribution in [0.3, 0.4) is 0 Å². The molecule has 0 radical (unpaired) electrons. The Labute approximate surface area is 116 Å². The van der Waals surface area contributed by atoms with E-state index in [4.69, 9.17) is 10.5 Å². The SMILES string of the molecule is COc1c(C)cnc(CN2CCC(N)C(C)C2)c1C. The first-order chi connectivity index (χ1) is 9.02. The molecule has 0 bridgehead atoms. The second-order valence-corrected chi connectivity index (χ2v) is 5.71. The lowest BCUT2D eigenvalue weighted by molar-refractivity contribution is 0.156. The quantitative estimate of drug-likeness (QED) is 0.904.